The summed E-state index contributed by atoms with van der Waals surface area (Å²) in [6, 6.07) is 0.530. The minimum atomic E-state index is -0.420. The summed E-state index contributed by atoms with van der Waals surface area (Å²) in [7, 11) is 0. The molecular weight excluding hydrogens is 304 g/mol. The van der Waals surface area contributed by atoms with Crippen LogP contribution in [0, 0.1) is 5.92 Å². The highest BCUT2D eigenvalue weighted by molar-refractivity contribution is 6.50. The molecule has 0 aromatic heterocycles. The second-order valence-corrected chi connectivity index (χ2v) is 6.91. The zero-order valence-electron chi connectivity index (χ0n) is 14.8. The number of Topliss-reactive ketones (excluding diaryl/α,β-unsaturated/α-hetero) is 2. The van der Waals surface area contributed by atoms with Crippen LogP contribution in [0.15, 0.2) is 39.2 Å². The van der Waals surface area contributed by atoms with Gasteiger partial charge in [-0.2, -0.15) is 0 Å². The number of ether oxygens (including phenoxy) is 1. The van der Waals surface area contributed by atoms with Gasteiger partial charge >= 0.3 is 0 Å². The predicted octanol–water partition coefficient (Wildman–Crippen LogP) is 3.14. The topological polar surface area (TPSA) is 59.0 Å². The van der Waals surface area contributed by atoms with Crippen molar-refractivity contribution in [2.75, 3.05) is 13.1 Å². The molecule has 128 valence electrons. The second kappa shape index (κ2) is 6.38. The van der Waals surface area contributed by atoms with Crippen molar-refractivity contribution < 1.29 is 14.3 Å². The van der Waals surface area contributed by atoms with Gasteiger partial charge in [0.1, 0.15) is 0 Å². The lowest BCUT2D eigenvalue weighted by molar-refractivity contribution is -0.132. The van der Waals surface area contributed by atoms with Gasteiger partial charge in [0, 0.05) is 18.7 Å². The Labute approximate surface area is 142 Å². The van der Waals surface area contributed by atoms with E-state index >= 15 is 0 Å². The predicted molar refractivity (Wildman–Crippen MR) is 92.3 cm³/mol. The number of ketones is 2. The third kappa shape index (κ3) is 2.72. The van der Waals surface area contributed by atoms with Gasteiger partial charge < -0.3 is 4.74 Å². The average Bonchev–Trinajstić information content (AvgIpc) is 2.91. The third-order valence-corrected chi connectivity index (χ3v) is 4.73. The summed E-state index contributed by atoms with van der Waals surface area (Å²) >= 11 is 0. The van der Waals surface area contributed by atoms with Crippen molar-refractivity contribution in [3.8, 4) is 0 Å². The van der Waals surface area contributed by atoms with Crippen molar-refractivity contribution in [3.63, 3.8) is 0 Å². The van der Waals surface area contributed by atoms with E-state index in [9.17, 15) is 9.59 Å². The highest BCUT2D eigenvalue weighted by Gasteiger charge is 2.44. The Bertz CT molecular complexity index is 721. The number of allylic oxidation sites excluding steroid dienone is 4. The van der Waals surface area contributed by atoms with Crippen LogP contribution in [0.4, 0.5) is 0 Å². The lowest BCUT2D eigenvalue weighted by Crippen LogP contribution is -2.33. The fourth-order valence-electron chi connectivity index (χ4n) is 3.41. The Morgan fingerprint density at radius 3 is 2.79 bits per heavy atom. The van der Waals surface area contributed by atoms with E-state index in [-0.39, 0.29) is 5.92 Å². The number of aliphatic imine (C=N–C) groups is 1. The summed E-state index contributed by atoms with van der Waals surface area (Å²) in [4.78, 5) is 31.4. The van der Waals surface area contributed by atoms with Crippen molar-refractivity contribution in [1.82, 2.24) is 4.90 Å². The van der Waals surface area contributed by atoms with Crippen LogP contribution >= 0.6 is 0 Å². The molecule has 3 rings (SSSR count). The van der Waals surface area contributed by atoms with Crippen LogP contribution in [-0.2, 0) is 14.3 Å². The van der Waals surface area contributed by atoms with E-state index in [4.69, 9.17) is 4.74 Å². The summed E-state index contributed by atoms with van der Waals surface area (Å²) in [5.74, 6) is -0.302. The Kier molecular flexibility index (Phi) is 4.43. The Balaban J connectivity index is 2.00. The van der Waals surface area contributed by atoms with Crippen LogP contribution in [0.1, 0.15) is 47.0 Å². The molecule has 1 atom stereocenters. The first-order chi connectivity index (χ1) is 11.4. The molecule has 0 radical (unpaired) electrons. The van der Waals surface area contributed by atoms with Crippen LogP contribution in [0.5, 0.6) is 0 Å². The average molecular weight is 328 g/mol. The first-order valence-electron chi connectivity index (χ1n) is 8.59. The molecule has 3 aliphatic rings. The zero-order chi connectivity index (χ0) is 17.4. The lowest BCUT2D eigenvalue weighted by Gasteiger charge is -2.24. The van der Waals surface area contributed by atoms with Crippen LogP contribution in [0.25, 0.3) is 0 Å². The van der Waals surface area contributed by atoms with Crippen molar-refractivity contribution in [3.05, 3.63) is 34.3 Å². The van der Waals surface area contributed by atoms with Gasteiger partial charge in [-0.15, -0.1) is 0 Å². The molecule has 0 N–H and O–H groups in total. The monoisotopic (exact) mass is 328 g/mol. The van der Waals surface area contributed by atoms with Gasteiger partial charge in [-0.3, -0.25) is 14.5 Å². The van der Waals surface area contributed by atoms with E-state index in [0.717, 1.165) is 38.0 Å². The van der Waals surface area contributed by atoms with Crippen LogP contribution in [0.3, 0.4) is 0 Å². The normalized spacial score (nSPS) is 21.3. The van der Waals surface area contributed by atoms with Crippen LogP contribution in [0.2, 0.25) is 0 Å². The van der Waals surface area contributed by atoms with Gasteiger partial charge in [-0.25, -0.2) is 4.99 Å². The second-order valence-electron chi connectivity index (χ2n) is 6.91. The SMILES string of the molecule is CC(C)=CCCC(C)C1=C2OC3=NCCCN3C2=C(C)C(=O)C1=O. The number of rotatable bonds is 4. The fourth-order valence-corrected chi connectivity index (χ4v) is 3.41. The van der Waals surface area contributed by atoms with Crippen LogP contribution < -0.4 is 0 Å². The largest absolute Gasteiger partial charge is 0.423 e. The molecule has 0 saturated carbocycles. The van der Waals surface area contributed by atoms with Crippen molar-refractivity contribution in [1.29, 1.82) is 0 Å². The van der Waals surface area contributed by atoms with Gasteiger partial charge in [0.05, 0.1) is 11.3 Å². The maximum Gasteiger partial charge on any atom is 0.297 e. The fraction of sp³-hybridized carbons (Fsp3) is 0.526. The molecule has 24 heavy (non-hydrogen) atoms. The molecule has 1 fully saturated rings. The van der Waals surface area contributed by atoms with Crippen molar-refractivity contribution >= 4 is 17.6 Å². The minimum absolute atomic E-state index is 0.0305. The first kappa shape index (κ1) is 16.7. The van der Waals surface area contributed by atoms with Gasteiger partial charge in [-0.05, 0) is 46.0 Å². The maximum absolute atomic E-state index is 12.6. The number of amidine groups is 1. The highest BCUT2D eigenvalue weighted by Crippen LogP contribution is 2.40. The standard InChI is InChI=1S/C19H24N2O3/c1-11(2)7-5-8-12(3)14-17(23)16(22)13(4)15-18(14)24-19-20-9-6-10-21(15)19/h7,12H,5-6,8-10H2,1-4H3. The Morgan fingerprint density at radius 2 is 2.08 bits per heavy atom. The molecule has 0 aromatic carbocycles. The molecule has 5 nitrogen and oxygen atoms in total. The smallest absolute Gasteiger partial charge is 0.297 e. The molecule has 2 aliphatic heterocycles. The molecule has 0 spiro atoms. The van der Waals surface area contributed by atoms with E-state index in [0.29, 0.717) is 22.9 Å². The molecule has 1 unspecified atom stereocenters. The van der Waals surface area contributed by atoms with Gasteiger partial charge in [-0.1, -0.05) is 18.6 Å². The summed E-state index contributed by atoms with van der Waals surface area (Å²) in [6.07, 6.45) is 4.77. The van der Waals surface area contributed by atoms with E-state index in [1.165, 1.54) is 5.57 Å². The van der Waals surface area contributed by atoms with Gasteiger partial charge in [0.15, 0.2) is 5.76 Å². The van der Waals surface area contributed by atoms with Crippen molar-refractivity contribution in [2.45, 2.75) is 47.0 Å². The van der Waals surface area contributed by atoms with E-state index in [1.807, 2.05) is 11.8 Å². The third-order valence-electron chi connectivity index (χ3n) is 4.73. The van der Waals surface area contributed by atoms with E-state index in [1.54, 1.807) is 6.92 Å². The quantitative estimate of drug-likeness (QED) is 0.452. The van der Waals surface area contributed by atoms with E-state index in [2.05, 4.69) is 24.9 Å². The van der Waals surface area contributed by atoms with Gasteiger partial charge in [0.2, 0.25) is 11.6 Å². The number of nitrogens with zero attached hydrogens (tertiary/aromatic N) is 2. The molecule has 5 heteroatoms. The number of carbonyl (C=O) groups is 2. The first-order valence-corrected chi connectivity index (χ1v) is 8.59. The molecule has 1 aliphatic carbocycles. The van der Waals surface area contributed by atoms with E-state index < -0.39 is 11.6 Å². The number of hydrogen-bond donors (Lipinski definition) is 0. The molecule has 0 aromatic rings. The lowest BCUT2D eigenvalue weighted by atomic mass is 9.83. The minimum Gasteiger partial charge on any atom is -0.423 e. The maximum atomic E-state index is 12.6. The number of fused-ring (bicyclic) bond motifs is 3. The summed E-state index contributed by atoms with van der Waals surface area (Å²) in [6.45, 7) is 9.31. The van der Waals surface area contributed by atoms with Crippen molar-refractivity contribution in [2.24, 2.45) is 10.9 Å². The molecule has 2 heterocycles. The number of hydrogen-bond acceptors (Lipinski definition) is 5. The molecule has 0 bridgehead atoms. The molecule has 1 saturated heterocycles. The highest BCUT2D eigenvalue weighted by atomic mass is 16.5. The number of carbonyl (C=O) groups excluding carboxylic acids is 2. The van der Waals surface area contributed by atoms with Gasteiger partial charge in [0.25, 0.3) is 6.02 Å². The van der Waals surface area contributed by atoms with Crippen LogP contribution in [-0.4, -0.2) is 35.6 Å². The Hall–Kier alpha value is -2.17. The summed E-state index contributed by atoms with van der Waals surface area (Å²) < 4.78 is 5.93. The summed E-state index contributed by atoms with van der Waals surface area (Å²) in [5, 5.41) is 0. The Morgan fingerprint density at radius 1 is 1.33 bits per heavy atom. The summed E-state index contributed by atoms with van der Waals surface area (Å²) in [5.41, 5.74) is 3.00. The molecular formula is C19H24N2O3. The zero-order valence-corrected chi connectivity index (χ0v) is 14.8. The molecule has 0 amide bonds.